The zero-order chi connectivity index (χ0) is 21.4. The number of amides is 2. The number of para-hydroxylation sites is 1. The van der Waals surface area contributed by atoms with Crippen LogP contribution >= 0.6 is 11.8 Å². The Hall–Kier alpha value is -2.67. The Morgan fingerprint density at radius 1 is 1.10 bits per heavy atom. The molecule has 0 heterocycles. The van der Waals surface area contributed by atoms with Gasteiger partial charge in [0.05, 0.1) is 19.4 Å². The van der Waals surface area contributed by atoms with Gasteiger partial charge in [-0.3, -0.25) is 9.59 Å². The van der Waals surface area contributed by atoms with Crippen molar-refractivity contribution in [2.45, 2.75) is 25.2 Å². The van der Waals surface area contributed by atoms with Crippen LogP contribution in [0.3, 0.4) is 0 Å². The number of anilines is 1. The van der Waals surface area contributed by atoms with Gasteiger partial charge in [0.25, 0.3) is 11.1 Å². The minimum absolute atomic E-state index is 0.115. The Labute approximate surface area is 176 Å². The maximum Gasteiger partial charge on any atom is 0.286 e. The van der Waals surface area contributed by atoms with Crippen molar-refractivity contribution in [3.05, 3.63) is 48.0 Å². The lowest BCUT2D eigenvalue weighted by molar-refractivity contribution is 0.102. The molecule has 0 unspecified atom stereocenters. The number of carbonyl (C=O) groups excluding carboxylic acids is 2. The second kappa shape index (κ2) is 10.8. The Kier molecular flexibility index (Phi) is 8.39. The highest BCUT2D eigenvalue weighted by atomic mass is 32.2. The third-order valence-corrected chi connectivity index (χ3v) is 5.19. The van der Waals surface area contributed by atoms with E-state index in [9.17, 15) is 9.59 Å². The van der Waals surface area contributed by atoms with Crippen LogP contribution in [0.25, 0.3) is 0 Å². The van der Waals surface area contributed by atoms with Crippen molar-refractivity contribution < 1.29 is 19.1 Å². The number of nitrogens with one attached hydrogen (secondary N) is 1. The van der Waals surface area contributed by atoms with E-state index < -0.39 is 0 Å². The van der Waals surface area contributed by atoms with Crippen LogP contribution in [0.4, 0.5) is 10.5 Å². The highest BCUT2D eigenvalue weighted by Crippen LogP contribution is 2.31. The predicted octanol–water partition coefficient (Wildman–Crippen LogP) is 5.15. The fourth-order valence-corrected chi connectivity index (χ4v) is 3.12. The number of hydrogen-bond donors (Lipinski definition) is 1. The van der Waals surface area contributed by atoms with Gasteiger partial charge in [0.15, 0.2) is 11.5 Å². The topological polar surface area (TPSA) is 67.9 Å². The lowest BCUT2D eigenvalue weighted by atomic mass is 10.1. The number of rotatable bonds is 8. The van der Waals surface area contributed by atoms with Crippen LogP contribution in [-0.4, -0.2) is 43.9 Å². The highest BCUT2D eigenvalue weighted by molar-refractivity contribution is 8.13. The molecule has 2 aromatic rings. The molecule has 0 atom stereocenters. The first-order chi connectivity index (χ1) is 13.8. The molecular weight excluding hydrogens is 388 g/mol. The second-order valence-electron chi connectivity index (χ2n) is 7.11. The summed E-state index contributed by atoms with van der Waals surface area (Å²) in [5.41, 5.74) is 1.02. The van der Waals surface area contributed by atoms with Crippen LogP contribution in [0, 0.1) is 5.92 Å². The van der Waals surface area contributed by atoms with Gasteiger partial charge in [0.2, 0.25) is 0 Å². The Morgan fingerprint density at radius 3 is 2.48 bits per heavy atom. The van der Waals surface area contributed by atoms with Gasteiger partial charge < -0.3 is 19.7 Å². The van der Waals surface area contributed by atoms with E-state index in [1.807, 2.05) is 12.1 Å². The number of thioether (sulfide) groups is 1. The molecule has 1 N–H and O–H groups in total. The zero-order valence-electron chi connectivity index (χ0n) is 17.5. The Bertz CT molecular complexity index is 852. The van der Waals surface area contributed by atoms with Gasteiger partial charge in [0.1, 0.15) is 0 Å². The van der Waals surface area contributed by atoms with Gasteiger partial charge >= 0.3 is 0 Å². The lowest BCUT2D eigenvalue weighted by Gasteiger charge is -2.15. The summed E-state index contributed by atoms with van der Waals surface area (Å²) in [6, 6.07) is 12.3. The van der Waals surface area contributed by atoms with Crippen LogP contribution in [0.2, 0.25) is 0 Å². The lowest BCUT2D eigenvalue weighted by Crippen LogP contribution is -2.17. The van der Waals surface area contributed by atoms with E-state index in [0.717, 1.165) is 18.2 Å². The molecular formula is C22H28N2O4S. The molecule has 0 aliphatic carbocycles. The van der Waals surface area contributed by atoms with E-state index in [0.29, 0.717) is 40.2 Å². The van der Waals surface area contributed by atoms with E-state index in [1.165, 1.54) is 4.90 Å². The number of hydrogen-bond acceptors (Lipinski definition) is 5. The van der Waals surface area contributed by atoms with Crippen molar-refractivity contribution in [1.29, 1.82) is 0 Å². The smallest absolute Gasteiger partial charge is 0.286 e. The maximum absolute atomic E-state index is 12.8. The first-order valence-corrected chi connectivity index (χ1v) is 10.2. The first kappa shape index (κ1) is 22.6. The minimum Gasteiger partial charge on any atom is -0.493 e. The predicted molar refractivity (Wildman–Crippen MR) is 117 cm³/mol. The second-order valence-corrected chi connectivity index (χ2v) is 8.10. The molecule has 0 fully saturated rings. The highest BCUT2D eigenvalue weighted by Gasteiger charge is 2.15. The van der Waals surface area contributed by atoms with Crippen molar-refractivity contribution >= 4 is 28.6 Å². The normalized spacial score (nSPS) is 10.6. The molecule has 0 bridgehead atoms. The van der Waals surface area contributed by atoms with Gasteiger partial charge in [-0.2, -0.15) is 0 Å². The summed E-state index contributed by atoms with van der Waals surface area (Å²) in [7, 11) is 4.92. The molecule has 2 rings (SSSR count). The summed E-state index contributed by atoms with van der Waals surface area (Å²) in [5, 5.41) is 2.76. The summed E-state index contributed by atoms with van der Waals surface area (Å²) in [4.78, 5) is 26.9. The Morgan fingerprint density at radius 2 is 1.83 bits per heavy atom. The largest absolute Gasteiger partial charge is 0.493 e. The molecule has 0 aliphatic heterocycles. The average molecular weight is 417 g/mol. The number of ether oxygens (including phenoxy) is 2. The quantitative estimate of drug-likeness (QED) is 0.603. The van der Waals surface area contributed by atoms with Crippen molar-refractivity contribution in [3.8, 4) is 11.5 Å². The van der Waals surface area contributed by atoms with Gasteiger partial charge in [0, 0.05) is 24.6 Å². The third-order valence-electron chi connectivity index (χ3n) is 4.08. The van der Waals surface area contributed by atoms with Crippen molar-refractivity contribution in [1.82, 2.24) is 4.90 Å². The van der Waals surface area contributed by atoms with E-state index in [-0.39, 0.29) is 11.1 Å². The maximum atomic E-state index is 12.8. The number of benzene rings is 2. The molecule has 6 nitrogen and oxygen atoms in total. The Balaban J connectivity index is 2.14. The summed E-state index contributed by atoms with van der Waals surface area (Å²) in [5.74, 6) is 1.37. The molecule has 156 valence electrons. The zero-order valence-corrected chi connectivity index (χ0v) is 18.3. The van der Waals surface area contributed by atoms with Crippen LogP contribution < -0.4 is 14.8 Å². The number of methoxy groups -OCH3 is 1. The fourth-order valence-electron chi connectivity index (χ4n) is 2.37. The van der Waals surface area contributed by atoms with Gasteiger partial charge in [-0.25, -0.2) is 0 Å². The van der Waals surface area contributed by atoms with Crippen LogP contribution in [0.15, 0.2) is 47.4 Å². The molecule has 2 amide bonds. The standard InChI is InChI=1S/C22H28N2O4S/c1-15(2)12-13-28-18-11-10-16(14-19(18)27-5)21(25)23-17-8-6-7-9-20(17)29-22(26)24(3)4/h6-11,14-15H,12-13H2,1-5H3,(H,23,25). The fraction of sp³-hybridized carbons (Fsp3) is 0.364. The number of carbonyl (C=O) groups is 2. The van der Waals surface area contributed by atoms with Crippen molar-refractivity contribution in [2.24, 2.45) is 5.92 Å². The van der Waals surface area contributed by atoms with E-state index in [4.69, 9.17) is 9.47 Å². The van der Waals surface area contributed by atoms with Crippen molar-refractivity contribution in [3.63, 3.8) is 0 Å². The summed E-state index contributed by atoms with van der Waals surface area (Å²) in [6.07, 6.45) is 0.936. The van der Waals surface area contributed by atoms with Crippen LogP contribution in [0.1, 0.15) is 30.6 Å². The molecule has 0 aromatic heterocycles. The van der Waals surface area contributed by atoms with Gasteiger partial charge in [-0.05, 0) is 54.4 Å². The van der Waals surface area contributed by atoms with Crippen LogP contribution in [0.5, 0.6) is 11.5 Å². The summed E-state index contributed by atoms with van der Waals surface area (Å²) < 4.78 is 11.2. The average Bonchev–Trinajstić information content (AvgIpc) is 2.69. The molecule has 29 heavy (non-hydrogen) atoms. The minimum atomic E-state index is -0.289. The van der Waals surface area contributed by atoms with E-state index >= 15 is 0 Å². The van der Waals surface area contributed by atoms with Gasteiger partial charge in [-0.15, -0.1) is 0 Å². The van der Waals surface area contributed by atoms with E-state index in [1.54, 1.807) is 51.5 Å². The number of nitrogens with zero attached hydrogens (tertiary/aromatic N) is 1. The molecule has 0 saturated carbocycles. The van der Waals surface area contributed by atoms with E-state index in [2.05, 4.69) is 19.2 Å². The van der Waals surface area contributed by atoms with Gasteiger partial charge in [-0.1, -0.05) is 26.0 Å². The molecule has 7 heteroatoms. The summed E-state index contributed by atoms with van der Waals surface area (Å²) in [6.45, 7) is 4.86. The van der Waals surface area contributed by atoms with Crippen LogP contribution in [-0.2, 0) is 0 Å². The monoisotopic (exact) mass is 416 g/mol. The SMILES string of the molecule is COc1cc(C(=O)Nc2ccccc2SC(=O)N(C)C)ccc1OCCC(C)C. The first-order valence-electron chi connectivity index (χ1n) is 9.42. The molecule has 2 aromatic carbocycles. The third kappa shape index (κ3) is 6.71. The molecule has 0 radical (unpaired) electrons. The van der Waals surface area contributed by atoms with Crippen molar-refractivity contribution in [2.75, 3.05) is 33.1 Å². The molecule has 0 saturated heterocycles. The molecule has 0 spiro atoms. The summed E-state index contributed by atoms with van der Waals surface area (Å²) >= 11 is 1.06. The molecule has 0 aliphatic rings.